The van der Waals surface area contributed by atoms with Gasteiger partial charge in [0.25, 0.3) is 0 Å². The molecule has 0 aromatic carbocycles. The number of nitrogens with zero attached hydrogens (tertiary/aromatic N) is 1. The summed E-state index contributed by atoms with van der Waals surface area (Å²) in [6.07, 6.45) is -4.29. The van der Waals surface area contributed by atoms with Crippen molar-refractivity contribution in [2.45, 2.75) is 69.6 Å². The Balaban J connectivity index is 0.00000223. The average Bonchev–Trinajstić information content (AvgIpc) is 3.40. The lowest BCUT2D eigenvalue weighted by Crippen LogP contribution is -2.56. The molecule has 43 heavy (non-hydrogen) atoms. The first-order chi connectivity index (χ1) is 19.8. The Morgan fingerprint density at radius 1 is 0.977 bits per heavy atom. The van der Waals surface area contributed by atoms with Crippen molar-refractivity contribution in [1.29, 1.82) is 0 Å². The minimum absolute atomic E-state index is 0.129. The van der Waals surface area contributed by atoms with Crippen molar-refractivity contribution >= 4 is 41.5 Å². The minimum Gasteiger partial charge on any atom is -0.481 e. The van der Waals surface area contributed by atoms with Crippen molar-refractivity contribution in [2.75, 3.05) is 6.54 Å². The molecule has 0 spiro atoms. The van der Waals surface area contributed by atoms with E-state index >= 15 is 0 Å². The number of alkyl halides is 3. The lowest BCUT2D eigenvalue weighted by atomic mass is 10.1. The number of aliphatic hydroxyl groups excluding tert-OH is 1. The number of H-pyrrole nitrogens is 1. The Kier molecular flexibility index (Phi) is 15.9. The molecule has 1 heterocycles. The number of imidazole rings is 1. The number of aromatic amines is 1. The molecule has 0 bridgehead atoms. The number of aliphatic hydroxyl groups is 1. The Labute approximate surface area is 240 Å². The van der Waals surface area contributed by atoms with E-state index in [1.165, 1.54) is 19.4 Å². The van der Waals surface area contributed by atoms with Crippen LogP contribution in [0, 0.1) is 0 Å². The van der Waals surface area contributed by atoms with Crippen molar-refractivity contribution in [3.63, 3.8) is 0 Å². The van der Waals surface area contributed by atoms with E-state index in [4.69, 9.17) is 25.8 Å². The van der Waals surface area contributed by atoms with Crippen LogP contribution in [0.25, 0.3) is 0 Å². The van der Waals surface area contributed by atoms with Crippen molar-refractivity contribution in [3.05, 3.63) is 18.2 Å². The quantitative estimate of drug-likeness (QED) is 0.0919. The molecule has 0 radical (unpaired) electrons. The van der Waals surface area contributed by atoms with E-state index in [2.05, 4.69) is 25.9 Å². The van der Waals surface area contributed by atoms with Crippen LogP contribution in [0.1, 0.15) is 32.4 Å². The van der Waals surface area contributed by atoms with Gasteiger partial charge in [0.2, 0.25) is 23.6 Å². The highest BCUT2D eigenvalue weighted by Gasteiger charge is 2.38. The van der Waals surface area contributed by atoms with Gasteiger partial charge in [0.15, 0.2) is 6.04 Å². The third-order valence-electron chi connectivity index (χ3n) is 5.09. The second-order valence-corrected chi connectivity index (χ2v) is 8.76. The molecular weight excluding hydrogens is 595 g/mol. The highest BCUT2D eigenvalue weighted by Crippen LogP contribution is 2.13. The molecule has 5 atom stereocenters. The molecule has 0 unspecified atom stereocenters. The van der Waals surface area contributed by atoms with E-state index in [-0.39, 0.29) is 12.8 Å². The van der Waals surface area contributed by atoms with Crippen molar-refractivity contribution in [3.8, 4) is 0 Å². The lowest BCUT2D eigenvalue weighted by Gasteiger charge is -2.22. The first-order valence-corrected chi connectivity index (χ1v) is 12.1. The summed E-state index contributed by atoms with van der Waals surface area (Å²) < 4.78 is 31.7. The van der Waals surface area contributed by atoms with Crippen LogP contribution in [0.3, 0.4) is 0 Å². The van der Waals surface area contributed by atoms with Gasteiger partial charge in [0.05, 0.1) is 25.0 Å². The van der Waals surface area contributed by atoms with Crippen LogP contribution >= 0.6 is 0 Å². The van der Waals surface area contributed by atoms with E-state index < -0.39 is 90.9 Å². The Morgan fingerprint density at radius 3 is 2.00 bits per heavy atom. The molecule has 0 saturated heterocycles. The van der Waals surface area contributed by atoms with Crippen molar-refractivity contribution in [2.24, 2.45) is 5.73 Å². The molecule has 11 N–H and O–H groups in total. The smallest absolute Gasteiger partial charge is 0.481 e. The maximum absolute atomic E-state index is 12.5. The zero-order valence-electron chi connectivity index (χ0n) is 22.7. The number of nitrogens with two attached hydrogens (primary N) is 1. The van der Waals surface area contributed by atoms with Gasteiger partial charge < -0.3 is 52.4 Å². The number of aliphatic carboxylic acids is 3. The topological polar surface area (TPSA) is 303 Å². The van der Waals surface area contributed by atoms with Gasteiger partial charge in [-0.3, -0.25) is 24.0 Å². The maximum atomic E-state index is 12.5. The van der Waals surface area contributed by atoms with Gasteiger partial charge in [0, 0.05) is 24.7 Å². The summed E-state index contributed by atoms with van der Waals surface area (Å²) in [5, 5.41) is 43.3. The summed E-state index contributed by atoms with van der Waals surface area (Å²) >= 11 is 0. The summed E-state index contributed by atoms with van der Waals surface area (Å²) in [6.45, 7) is 1.78. The number of amides is 4. The maximum Gasteiger partial charge on any atom is 0.490 e. The normalized spacial score (nSPS) is 14.3. The monoisotopic (exact) mass is 627 g/mol. The van der Waals surface area contributed by atoms with Crippen LogP contribution < -0.4 is 27.0 Å². The van der Waals surface area contributed by atoms with E-state index in [0.29, 0.717) is 5.69 Å². The van der Waals surface area contributed by atoms with Crippen LogP contribution in [-0.2, 0) is 40.0 Å². The van der Waals surface area contributed by atoms with Crippen LogP contribution in [0.4, 0.5) is 13.2 Å². The zero-order chi connectivity index (χ0) is 33.5. The number of nitrogens with one attached hydrogen (secondary N) is 5. The summed E-state index contributed by atoms with van der Waals surface area (Å²) in [6, 6.07) is -5.13. The second-order valence-electron chi connectivity index (χ2n) is 8.76. The van der Waals surface area contributed by atoms with Crippen LogP contribution in [0.5, 0.6) is 0 Å². The van der Waals surface area contributed by atoms with E-state index in [0.717, 1.165) is 6.92 Å². The predicted molar refractivity (Wildman–Crippen MR) is 135 cm³/mol. The fourth-order valence-corrected chi connectivity index (χ4v) is 2.85. The molecule has 0 fully saturated rings. The molecule has 1 aromatic rings. The largest absolute Gasteiger partial charge is 0.490 e. The van der Waals surface area contributed by atoms with Crippen LogP contribution in [-0.4, -0.2) is 115 Å². The number of carboxylic acids is 3. The zero-order valence-corrected chi connectivity index (χ0v) is 22.7. The summed E-state index contributed by atoms with van der Waals surface area (Å²) in [5.41, 5.74) is 6.42. The molecule has 4 amide bonds. The average molecular weight is 628 g/mol. The van der Waals surface area contributed by atoms with E-state index in [9.17, 15) is 47.0 Å². The molecule has 21 heteroatoms. The Bertz CT molecular complexity index is 1130. The number of carbonyl (C=O) groups is 7. The summed E-state index contributed by atoms with van der Waals surface area (Å²) in [5.74, 6) is -8.81. The molecule has 0 saturated carbocycles. The third kappa shape index (κ3) is 15.7. The Hall–Kier alpha value is -4.79. The molecule has 0 aliphatic carbocycles. The van der Waals surface area contributed by atoms with Crippen molar-refractivity contribution in [1.82, 2.24) is 31.2 Å². The van der Waals surface area contributed by atoms with Gasteiger partial charge in [-0.05, 0) is 20.3 Å². The standard InChI is InChI=1S/C20H31N7O9.C2HF3O2/c1-9(25-18(33)12(21)5-11-6-22-8-24-11)17(32)26-13(3-4-15(30)31)19(34)23-7-14(29)27-16(10(2)28)20(35)36;3-2(4,5)1(6)7/h6,8-10,12-13,16,28H,3-5,7,21H2,1-2H3,(H,22,24)(H,23,34)(H,25,33)(H,26,32)(H,27,29)(H,30,31)(H,35,36);(H,6,7)/t9-,10+,12-,13-,16-;/m0./s1. The number of halogens is 3. The number of carboxylic acid groups (broad SMARTS) is 3. The van der Waals surface area contributed by atoms with Crippen LogP contribution in [0.15, 0.2) is 12.5 Å². The number of carbonyl (C=O) groups excluding carboxylic acids is 4. The molecule has 18 nitrogen and oxygen atoms in total. The van der Waals surface area contributed by atoms with Gasteiger partial charge in [-0.25, -0.2) is 14.6 Å². The SMILES string of the molecule is C[C@H](NC(=O)[C@@H](N)Cc1cnc[nH]1)C(=O)N[C@@H](CCC(=O)O)C(=O)NCC(=O)N[C@H](C(=O)O)[C@@H](C)O.O=C(O)C(F)(F)F. The molecular formula is C22H32F3N7O11. The fourth-order valence-electron chi connectivity index (χ4n) is 2.85. The molecule has 1 rings (SSSR count). The summed E-state index contributed by atoms with van der Waals surface area (Å²) in [7, 11) is 0. The molecule has 1 aromatic heterocycles. The fraction of sp³-hybridized carbons (Fsp3) is 0.545. The molecule has 242 valence electrons. The first kappa shape index (κ1) is 38.2. The minimum atomic E-state index is -5.08. The Morgan fingerprint density at radius 2 is 1.56 bits per heavy atom. The highest BCUT2D eigenvalue weighted by molar-refractivity contribution is 5.94. The number of rotatable bonds is 15. The molecule has 0 aliphatic heterocycles. The van der Waals surface area contributed by atoms with Gasteiger partial charge in [-0.15, -0.1) is 0 Å². The lowest BCUT2D eigenvalue weighted by molar-refractivity contribution is -0.192. The van der Waals surface area contributed by atoms with Gasteiger partial charge in [-0.1, -0.05) is 0 Å². The number of hydrogen-bond donors (Lipinski definition) is 10. The predicted octanol–water partition coefficient (Wildman–Crippen LogP) is -3.17. The van der Waals surface area contributed by atoms with E-state index in [1.54, 1.807) is 0 Å². The van der Waals surface area contributed by atoms with Gasteiger partial charge in [-0.2, -0.15) is 13.2 Å². The first-order valence-electron chi connectivity index (χ1n) is 12.1. The van der Waals surface area contributed by atoms with Crippen molar-refractivity contribution < 1.29 is 67.2 Å². The van der Waals surface area contributed by atoms with Gasteiger partial charge in [0.1, 0.15) is 12.1 Å². The summed E-state index contributed by atoms with van der Waals surface area (Å²) in [4.78, 5) is 86.7. The third-order valence-corrected chi connectivity index (χ3v) is 5.09. The van der Waals surface area contributed by atoms with E-state index in [1.807, 2.05) is 5.32 Å². The van der Waals surface area contributed by atoms with Gasteiger partial charge >= 0.3 is 24.1 Å². The number of hydrogen-bond acceptors (Lipinski definition) is 10. The number of aromatic nitrogens is 2. The molecule has 0 aliphatic rings. The van der Waals surface area contributed by atoms with Crippen LogP contribution in [0.2, 0.25) is 0 Å². The second kappa shape index (κ2) is 17.9. The highest BCUT2D eigenvalue weighted by atomic mass is 19.4.